The highest BCUT2D eigenvalue weighted by molar-refractivity contribution is 4.95. The van der Waals surface area contributed by atoms with Crippen LogP contribution < -0.4 is 0 Å². The third kappa shape index (κ3) is 1.08. The second-order valence-corrected chi connectivity index (χ2v) is 1.96. The quantitative estimate of drug-likeness (QED) is 0.571. The average Bonchev–Trinajstić information content (AvgIpc) is 2.13. The first-order valence-electron chi connectivity index (χ1n) is 2.74. The Kier molecular flexibility index (Phi) is 1.48. The topological polar surface area (TPSA) is 50.9 Å². The summed E-state index contributed by atoms with van der Waals surface area (Å²) in [5.41, 5.74) is 0.731. The predicted octanol–water partition coefficient (Wildman–Crippen LogP) is -0.132. The lowest BCUT2D eigenvalue weighted by Gasteiger charge is -2.00. The van der Waals surface area contributed by atoms with Gasteiger partial charge in [0, 0.05) is 7.05 Å². The molecule has 0 spiro atoms. The molecular weight excluding hydrogens is 118 g/mol. The van der Waals surface area contributed by atoms with Crippen LogP contribution in [0.5, 0.6) is 0 Å². The molecule has 0 radical (unpaired) electrons. The third-order valence-corrected chi connectivity index (χ3v) is 1.18. The van der Waals surface area contributed by atoms with Crippen molar-refractivity contribution in [2.45, 2.75) is 13.0 Å². The van der Waals surface area contributed by atoms with Crippen molar-refractivity contribution in [2.75, 3.05) is 0 Å². The Morgan fingerprint density at radius 2 is 2.44 bits per heavy atom. The fraction of sp³-hybridized carbons (Fsp3) is 0.600. The average molecular weight is 127 g/mol. The van der Waals surface area contributed by atoms with Crippen LogP contribution >= 0.6 is 0 Å². The molecule has 4 heteroatoms. The zero-order chi connectivity index (χ0) is 6.85. The minimum Gasteiger partial charge on any atom is -0.387 e. The molecule has 0 saturated carbocycles. The molecule has 0 fully saturated rings. The molecule has 0 aliphatic heterocycles. The van der Waals surface area contributed by atoms with E-state index in [4.69, 9.17) is 5.11 Å². The van der Waals surface area contributed by atoms with Crippen LogP contribution in [0.15, 0.2) is 6.20 Å². The van der Waals surface area contributed by atoms with Crippen LogP contribution in [0.3, 0.4) is 0 Å². The minimum absolute atomic E-state index is 0.481. The van der Waals surface area contributed by atoms with Crippen molar-refractivity contribution in [3.63, 3.8) is 0 Å². The SMILES string of the molecule is C[C@@H](O)c1cnnn1C. The zero-order valence-corrected chi connectivity index (χ0v) is 5.44. The molecule has 1 heterocycles. The van der Waals surface area contributed by atoms with E-state index in [2.05, 4.69) is 10.3 Å². The fourth-order valence-electron chi connectivity index (χ4n) is 0.676. The van der Waals surface area contributed by atoms with Gasteiger partial charge in [0.2, 0.25) is 0 Å². The molecule has 0 unspecified atom stereocenters. The van der Waals surface area contributed by atoms with Gasteiger partial charge in [-0.25, -0.2) is 4.68 Å². The molecule has 1 atom stereocenters. The summed E-state index contributed by atoms with van der Waals surface area (Å²) in [6.07, 6.45) is 1.06. The van der Waals surface area contributed by atoms with Crippen LogP contribution in [0.2, 0.25) is 0 Å². The van der Waals surface area contributed by atoms with Gasteiger partial charge >= 0.3 is 0 Å². The van der Waals surface area contributed by atoms with E-state index in [9.17, 15) is 0 Å². The molecule has 0 bridgehead atoms. The van der Waals surface area contributed by atoms with Crippen molar-refractivity contribution in [1.29, 1.82) is 0 Å². The van der Waals surface area contributed by atoms with E-state index in [1.165, 1.54) is 0 Å². The maximum absolute atomic E-state index is 8.99. The molecule has 0 aliphatic carbocycles. The normalized spacial score (nSPS) is 13.7. The second kappa shape index (κ2) is 2.14. The third-order valence-electron chi connectivity index (χ3n) is 1.18. The van der Waals surface area contributed by atoms with Crippen LogP contribution in [0.25, 0.3) is 0 Å². The number of rotatable bonds is 1. The molecule has 0 aliphatic rings. The van der Waals surface area contributed by atoms with Gasteiger partial charge in [0.1, 0.15) is 0 Å². The van der Waals surface area contributed by atoms with E-state index < -0.39 is 6.10 Å². The van der Waals surface area contributed by atoms with Gasteiger partial charge in [-0.1, -0.05) is 5.21 Å². The number of aromatic nitrogens is 3. The molecule has 50 valence electrons. The molecule has 9 heavy (non-hydrogen) atoms. The highest BCUT2D eigenvalue weighted by Gasteiger charge is 2.04. The Morgan fingerprint density at radius 1 is 1.78 bits per heavy atom. The highest BCUT2D eigenvalue weighted by Crippen LogP contribution is 2.06. The maximum Gasteiger partial charge on any atom is 0.0944 e. The molecule has 1 rings (SSSR count). The summed E-state index contributed by atoms with van der Waals surface area (Å²) >= 11 is 0. The van der Waals surface area contributed by atoms with Crippen LogP contribution in [0.4, 0.5) is 0 Å². The van der Waals surface area contributed by atoms with Gasteiger partial charge < -0.3 is 5.11 Å². The second-order valence-electron chi connectivity index (χ2n) is 1.96. The highest BCUT2D eigenvalue weighted by atomic mass is 16.3. The summed E-state index contributed by atoms with van der Waals surface area (Å²) in [4.78, 5) is 0. The van der Waals surface area contributed by atoms with E-state index in [1.807, 2.05) is 0 Å². The summed E-state index contributed by atoms with van der Waals surface area (Å²) in [6.45, 7) is 1.68. The largest absolute Gasteiger partial charge is 0.387 e. The van der Waals surface area contributed by atoms with Gasteiger partial charge in [-0.05, 0) is 6.92 Å². The summed E-state index contributed by atoms with van der Waals surface area (Å²) in [5.74, 6) is 0. The number of hydrogen-bond acceptors (Lipinski definition) is 3. The molecule has 0 saturated heterocycles. The van der Waals surface area contributed by atoms with Crippen LogP contribution in [0.1, 0.15) is 18.7 Å². The Hall–Kier alpha value is -0.900. The van der Waals surface area contributed by atoms with Crippen molar-refractivity contribution >= 4 is 0 Å². The summed E-state index contributed by atoms with van der Waals surface area (Å²) in [5, 5.41) is 16.2. The van der Waals surface area contributed by atoms with Crippen molar-refractivity contribution < 1.29 is 5.11 Å². The molecule has 4 nitrogen and oxygen atoms in total. The van der Waals surface area contributed by atoms with Crippen molar-refractivity contribution in [3.05, 3.63) is 11.9 Å². The minimum atomic E-state index is -0.481. The molecule has 1 aromatic rings. The monoisotopic (exact) mass is 127 g/mol. The van der Waals surface area contributed by atoms with Crippen molar-refractivity contribution in [3.8, 4) is 0 Å². The number of nitrogens with zero attached hydrogens (tertiary/aromatic N) is 3. The summed E-state index contributed by atoms with van der Waals surface area (Å²) < 4.78 is 1.55. The smallest absolute Gasteiger partial charge is 0.0944 e. The van der Waals surface area contributed by atoms with Crippen LogP contribution in [0, 0.1) is 0 Å². The molecule has 0 amide bonds. The van der Waals surface area contributed by atoms with Gasteiger partial charge in [0.15, 0.2) is 0 Å². The van der Waals surface area contributed by atoms with E-state index in [0.29, 0.717) is 0 Å². The molecular formula is C5H9N3O. The lowest BCUT2D eigenvalue weighted by Crippen LogP contribution is -2.01. The van der Waals surface area contributed by atoms with E-state index in [-0.39, 0.29) is 0 Å². The lowest BCUT2D eigenvalue weighted by atomic mass is 10.3. The van der Waals surface area contributed by atoms with Crippen molar-refractivity contribution in [2.24, 2.45) is 7.05 Å². The van der Waals surface area contributed by atoms with Crippen molar-refractivity contribution in [1.82, 2.24) is 15.0 Å². The standard InChI is InChI=1S/C5H9N3O/c1-4(9)5-3-6-7-8(5)2/h3-4,9H,1-2H3/t4-/m1/s1. The number of hydrogen-bond donors (Lipinski definition) is 1. The zero-order valence-electron chi connectivity index (χ0n) is 5.44. The first-order chi connectivity index (χ1) is 4.22. The van der Waals surface area contributed by atoms with E-state index in [0.717, 1.165) is 5.69 Å². The number of aliphatic hydroxyl groups is 1. The Bertz CT molecular complexity index is 194. The molecule has 1 N–H and O–H groups in total. The molecule has 1 aromatic heterocycles. The first-order valence-corrected chi connectivity index (χ1v) is 2.74. The van der Waals surface area contributed by atoms with Gasteiger partial charge in [-0.2, -0.15) is 0 Å². The van der Waals surface area contributed by atoms with Crippen LogP contribution in [-0.2, 0) is 7.05 Å². The maximum atomic E-state index is 8.99. The van der Waals surface area contributed by atoms with Gasteiger partial charge in [0.25, 0.3) is 0 Å². The fourth-order valence-corrected chi connectivity index (χ4v) is 0.676. The number of aryl methyl sites for hydroxylation is 1. The Labute approximate surface area is 53.1 Å². The first kappa shape index (κ1) is 6.22. The lowest BCUT2D eigenvalue weighted by molar-refractivity contribution is 0.189. The van der Waals surface area contributed by atoms with Gasteiger partial charge in [-0.15, -0.1) is 5.10 Å². The van der Waals surface area contributed by atoms with Crippen LogP contribution in [-0.4, -0.2) is 20.1 Å². The summed E-state index contributed by atoms with van der Waals surface area (Å²) in [6, 6.07) is 0. The number of aliphatic hydroxyl groups excluding tert-OH is 1. The summed E-state index contributed by atoms with van der Waals surface area (Å²) in [7, 11) is 1.75. The Morgan fingerprint density at radius 3 is 2.67 bits per heavy atom. The van der Waals surface area contributed by atoms with E-state index in [1.54, 1.807) is 24.9 Å². The molecule has 0 aromatic carbocycles. The van der Waals surface area contributed by atoms with Gasteiger partial charge in [-0.3, -0.25) is 0 Å². The van der Waals surface area contributed by atoms with E-state index >= 15 is 0 Å². The predicted molar refractivity (Wildman–Crippen MR) is 31.6 cm³/mol. The Balaban J connectivity index is 2.94. The van der Waals surface area contributed by atoms with Gasteiger partial charge in [0.05, 0.1) is 18.0 Å².